The van der Waals surface area contributed by atoms with Gasteiger partial charge in [-0.25, -0.2) is 8.78 Å². The predicted molar refractivity (Wildman–Crippen MR) is 74.2 cm³/mol. The Labute approximate surface area is 116 Å². The first-order chi connectivity index (χ1) is 9.47. The molecule has 102 valence electrons. The topological polar surface area (TPSA) is 20.2 Å². The molecule has 0 fully saturated rings. The summed E-state index contributed by atoms with van der Waals surface area (Å²) in [6, 6.07) is 9.39. The third kappa shape index (κ3) is 3.23. The van der Waals surface area contributed by atoms with E-state index in [0.29, 0.717) is 11.1 Å². The molecule has 0 aliphatic rings. The van der Waals surface area contributed by atoms with Gasteiger partial charge in [0.1, 0.15) is 11.6 Å². The first-order valence-electron chi connectivity index (χ1n) is 6.23. The number of rotatable bonds is 1. The van der Waals surface area contributed by atoms with Gasteiger partial charge in [-0.3, -0.25) is 0 Å². The number of aliphatic hydroxyl groups is 1. The predicted octanol–water partition coefficient (Wildman–Crippen LogP) is 3.73. The molecule has 2 aromatic carbocycles. The van der Waals surface area contributed by atoms with Gasteiger partial charge < -0.3 is 5.11 Å². The van der Waals surface area contributed by atoms with Crippen LogP contribution in [0.1, 0.15) is 35.3 Å². The molecule has 0 aromatic heterocycles. The summed E-state index contributed by atoms with van der Waals surface area (Å²) in [4.78, 5) is 0. The Bertz CT molecular complexity index is 653. The third-order valence-electron chi connectivity index (χ3n) is 2.91. The molecule has 0 aliphatic heterocycles. The zero-order valence-corrected chi connectivity index (χ0v) is 11.2. The van der Waals surface area contributed by atoms with E-state index in [1.165, 1.54) is 12.1 Å². The fourth-order valence-corrected chi connectivity index (χ4v) is 1.80. The molecule has 0 aliphatic carbocycles. The molecule has 20 heavy (non-hydrogen) atoms. The van der Waals surface area contributed by atoms with Crippen molar-refractivity contribution >= 4 is 0 Å². The van der Waals surface area contributed by atoms with Crippen molar-refractivity contribution < 1.29 is 13.9 Å². The average molecular weight is 272 g/mol. The van der Waals surface area contributed by atoms with Gasteiger partial charge in [0.15, 0.2) is 0 Å². The van der Waals surface area contributed by atoms with E-state index in [0.717, 1.165) is 5.56 Å². The van der Waals surface area contributed by atoms with E-state index in [2.05, 4.69) is 11.8 Å². The summed E-state index contributed by atoms with van der Waals surface area (Å²) in [5.41, 5.74) is 1.69. The summed E-state index contributed by atoms with van der Waals surface area (Å²) >= 11 is 0. The Kier molecular flexibility index (Phi) is 4.16. The smallest absolute Gasteiger partial charge is 0.142 e. The van der Waals surface area contributed by atoms with E-state index < -0.39 is 17.7 Å². The van der Waals surface area contributed by atoms with Gasteiger partial charge >= 0.3 is 0 Å². The second-order valence-electron chi connectivity index (χ2n) is 4.65. The lowest BCUT2D eigenvalue weighted by Crippen LogP contribution is -1.92. The van der Waals surface area contributed by atoms with Crippen LogP contribution >= 0.6 is 0 Å². The molecule has 1 atom stereocenters. The minimum atomic E-state index is -0.657. The van der Waals surface area contributed by atoms with E-state index in [1.807, 2.05) is 0 Å². The molecule has 2 aromatic rings. The van der Waals surface area contributed by atoms with Crippen LogP contribution in [-0.4, -0.2) is 5.11 Å². The molecule has 0 spiro atoms. The molecule has 2 rings (SSSR count). The van der Waals surface area contributed by atoms with Crippen molar-refractivity contribution in [3.8, 4) is 11.8 Å². The highest BCUT2D eigenvalue weighted by atomic mass is 19.1. The van der Waals surface area contributed by atoms with Crippen molar-refractivity contribution in [2.75, 3.05) is 0 Å². The molecule has 0 bridgehead atoms. The minimum absolute atomic E-state index is 0.227. The van der Waals surface area contributed by atoms with Crippen LogP contribution in [0, 0.1) is 30.4 Å². The van der Waals surface area contributed by atoms with Crippen LogP contribution in [0.2, 0.25) is 0 Å². The molecular formula is C17H14F2O. The fourth-order valence-electron chi connectivity index (χ4n) is 1.80. The zero-order valence-electron chi connectivity index (χ0n) is 11.2. The molecule has 0 heterocycles. The van der Waals surface area contributed by atoms with Gasteiger partial charge in [-0.05, 0) is 49.2 Å². The Morgan fingerprint density at radius 3 is 2.05 bits per heavy atom. The standard InChI is InChI=1S/C17H14F2O/c1-11-9-16(18)15(17(19)10-11)8-5-13-3-6-14(7-4-13)12(2)20/h3-4,6-7,9-10,12,20H,1-2H3. The van der Waals surface area contributed by atoms with Crippen LogP contribution in [0.15, 0.2) is 36.4 Å². The van der Waals surface area contributed by atoms with Crippen LogP contribution < -0.4 is 0 Å². The lowest BCUT2D eigenvalue weighted by molar-refractivity contribution is 0.199. The van der Waals surface area contributed by atoms with Gasteiger partial charge in [-0.15, -0.1) is 0 Å². The maximum absolute atomic E-state index is 13.6. The Morgan fingerprint density at radius 2 is 1.55 bits per heavy atom. The number of benzene rings is 2. The van der Waals surface area contributed by atoms with Crippen molar-refractivity contribution in [3.05, 3.63) is 70.3 Å². The van der Waals surface area contributed by atoms with E-state index in [4.69, 9.17) is 0 Å². The van der Waals surface area contributed by atoms with Crippen LogP contribution in [-0.2, 0) is 0 Å². The number of hydrogen-bond acceptors (Lipinski definition) is 1. The van der Waals surface area contributed by atoms with Crippen LogP contribution in [0.3, 0.4) is 0 Å². The molecular weight excluding hydrogens is 258 g/mol. The van der Waals surface area contributed by atoms with Gasteiger partial charge in [0.05, 0.1) is 11.7 Å². The molecule has 1 unspecified atom stereocenters. The largest absolute Gasteiger partial charge is 0.389 e. The number of hydrogen-bond donors (Lipinski definition) is 1. The molecule has 3 heteroatoms. The van der Waals surface area contributed by atoms with Gasteiger partial charge in [0.25, 0.3) is 0 Å². The molecule has 0 radical (unpaired) electrons. The molecule has 1 N–H and O–H groups in total. The maximum Gasteiger partial charge on any atom is 0.142 e. The van der Waals surface area contributed by atoms with Crippen molar-refractivity contribution in [3.63, 3.8) is 0 Å². The summed E-state index contributed by atoms with van der Waals surface area (Å²) in [6.45, 7) is 3.29. The number of aryl methyl sites for hydroxylation is 1. The van der Waals surface area contributed by atoms with Gasteiger partial charge in [-0.1, -0.05) is 24.0 Å². The van der Waals surface area contributed by atoms with Crippen molar-refractivity contribution in [2.24, 2.45) is 0 Å². The van der Waals surface area contributed by atoms with Gasteiger partial charge in [0, 0.05) is 5.56 Å². The summed E-state index contributed by atoms with van der Waals surface area (Å²) in [5, 5.41) is 9.39. The number of aliphatic hydroxyl groups excluding tert-OH is 1. The van der Waals surface area contributed by atoms with Gasteiger partial charge in [0.2, 0.25) is 0 Å². The summed E-state index contributed by atoms with van der Waals surface area (Å²) in [5.74, 6) is 3.91. The van der Waals surface area contributed by atoms with Gasteiger partial charge in [-0.2, -0.15) is 0 Å². The van der Waals surface area contributed by atoms with Crippen LogP contribution in [0.25, 0.3) is 0 Å². The molecule has 1 nitrogen and oxygen atoms in total. The van der Waals surface area contributed by atoms with E-state index in [9.17, 15) is 13.9 Å². The Morgan fingerprint density at radius 1 is 1.00 bits per heavy atom. The number of halogens is 2. The molecule has 0 saturated carbocycles. The monoisotopic (exact) mass is 272 g/mol. The lowest BCUT2D eigenvalue weighted by Gasteiger charge is -2.03. The second kappa shape index (κ2) is 5.85. The highest BCUT2D eigenvalue weighted by Gasteiger charge is 2.07. The quantitative estimate of drug-likeness (QED) is 0.784. The first-order valence-corrected chi connectivity index (χ1v) is 6.23. The highest BCUT2D eigenvalue weighted by Crippen LogP contribution is 2.15. The lowest BCUT2D eigenvalue weighted by atomic mass is 10.1. The van der Waals surface area contributed by atoms with E-state index in [1.54, 1.807) is 38.1 Å². The third-order valence-corrected chi connectivity index (χ3v) is 2.91. The summed E-state index contributed by atoms with van der Waals surface area (Å²) in [6.07, 6.45) is -0.552. The van der Waals surface area contributed by atoms with Crippen LogP contribution in [0.5, 0.6) is 0 Å². The Balaban J connectivity index is 2.31. The minimum Gasteiger partial charge on any atom is -0.389 e. The normalized spacial score (nSPS) is 11.7. The SMILES string of the molecule is Cc1cc(F)c(C#Cc2ccc(C(C)O)cc2)c(F)c1. The van der Waals surface area contributed by atoms with Crippen LogP contribution in [0.4, 0.5) is 8.78 Å². The summed E-state index contributed by atoms with van der Waals surface area (Å²) < 4.78 is 27.2. The maximum atomic E-state index is 13.6. The Hall–Kier alpha value is -2.18. The zero-order chi connectivity index (χ0) is 14.7. The highest BCUT2D eigenvalue weighted by molar-refractivity contribution is 5.45. The van der Waals surface area contributed by atoms with Crippen molar-refractivity contribution in [1.82, 2.24) is 0 Å². The molecule has 0 amide bonds. The van der Waals surface area contributed by atoms with E-state index in [-0.39, 0.29) is 5.56 Å². The average Bonchev–Trinajstić information content (AvgIpc) is 2.38. The van der Waals surface area contributed by atoms with E-state index >= 15 is 0 Å². The second-order valence-corrected chi connectivity index (χ2v) is 4.65. The first kappa shape index (κ1) is 14.2. The van der Waals surface area contributed by atoms with Crippen molar-refractivity contribution in [1.29, 1.82) is 0 Å². The summed E-state index contributed by atoms with van der Waals surface area (Å²) in [7, 11) is 0. The van der Waals surface area contributed by atoms with Crippen molar-refractivity contribution in [2.45, 2.75) is 20.0 Å². The molecule has 0 saturated heterocycles. The fraction of sp³-hybridized carbons (Fsp3) is 0.176.